The summed E-state index contributed by atoms with van der Waals surface area (Å²) in [6.45, 7) is 6.33. The second-order valence-electron chi connectivity index (χ2n) is 4.16. The lowest BCUT2D eigenvalue weighted by atomic mass is 10.3. The van der Waals surface area contributed by atoms with Crippen molar-refractivity contribution in [3.63, 3.8) is 0 Å². The quantitative estimate of drug-likeness (QED) is 0.868. The highest BCUT2D eigenvalue weighted by atomic mass is 32.1. The maximum Gasteiger partial charge on any atom is 0.318 e. The minimum Gasteiger partial charge on any atom is -0.377 e. The van der Waals surface area contributed by atoms with Crippen molar-refractivity contribution in [2.75, 3.05) is 19.8 Å². The Bertz CT molecular complexity index is 394. The molecule has 1 aliphatic rings. The van der Waals surface area contributed by atoms with Gasteiger partial charge >= 0.3 is 6.03 Å². The summed E-state index contributed by atoms with van der Waals surface area (Å²) in [4.78, 5) is 18.0. The van der Waals surface area contributed by atoms with E-state index in [1.54, 1.807) is 11.3 Å². The first-order chi connectivity index (χ1) is 8.16. The van der Waals surface area contributed by atoms with Crippen molar-refractivity contribution in [1.82, 2.24) is 15.2 Å². The summed E-state index contributed by atoms with van der Waals surface area (Å²) in [7, 11) is 0. The van der Waals surface area contributed by atoms with Crippen LogP contribution in [0.15, 0.2) is 5.38 Å². The zero-order chi connectivity index (χ0) is 12.3. The van der Waals surface area contributed by atoms with E-state index in [1.807, 2.05) is 24.1 Å². The van der Waals surface area contributed by atoms with Gasteiger partial charge in [0.15, 0.2) is 0 Å². The molecule has 2 amide bonds. The van der Waals surface area contributed by atoms with Crippen molar-refractivity contribution in [2.45, 2.75) is 26.4 Å². The first-order valence-corrected chi connectivity index (χ1v) is 6.58. The van der Waals surface area contributed by atoms with Gasteiger partial charge < -0.3 is 15.0 Å². The van der Waals surface area contributed by atoms with Crippen LogP contribution in [0.4, 0.5) is 4.79 Å². The van der Waals surface area contributed by atoms with E-state index in [0.717, 1.165) is 10.7 Å². The van der Waals surface area contributed by atoms with Crippen LogP contribution in [0.3, 0.4) is 0 Å². The Balaban J connectivity index is 1.84. The van der Waals surface area contributed by atoms with Crippen molar-refractivity contribution in [3.05, 3.63) is 16.1 Å². The molecule has 6 heteroatoms. The topological polar surface area (TPSA) is 54.5 Å². The highest BCUT2D eigenvalue weighted by Gasteiger charge is 2.23. The summed E-state index contributed by atoms with van der Waals surface area (Å²) in [5.74, 6) is 0. The van der Waals surface area contributed by atoms with E-state index in [1.165, 1.54) is 0 Å². The SMILES string of the molecule is Cc1csc(CNC(=O)N2CCOC[C@@H]2C)n1. The first kappa shape index (κ1) is 12.3. The highest BCUT2D eigenvalue weighted by molar-refractivity contribution is 7.09. The number of thiazole rings is 1. The minimum absolute atomic E-state index is 0.0337. The van der Waals surface area contributed by atoms with Crippen molar-refractivity contribution in [1.29, 1.82) is 0 Å². The third kappa shape index (κ3) is 3.17. The number of nitrogens with one attached hydrogen (secondary N) is 1. The Morgan fingerprint density at radius 3 is 3.24 bits per heavy atom. The molecule has 0 aromatic carbocycles. The predicted molar refractivity (Wildman–Crippen MR) is 66.1 cm³/mol. The Morgan fingerprint density at radius 2 is 2.59 bits per heavy atom. The zero-order valence-electron chi connectivity index (χ0n) is 10.1. The van der Waals surface area contributed by atoms with Crippen molar-refractivity contribution < 1.29 is 9.53 Å². The number of hydrogen-bond acceptors (Lipinski definition) is 4. The zero-order valence-corrected chi connectivity index (χ0v) is 10.9. The third-order valence-electron chi connectivity index (χ3n) is 2.69. The largest absolute Gasteiger partial charge is 0.377 e. The summed E-state index contributed by atoms with van der Waals surface area (Å²) in [5.41, 5.74) is 0.999. The van der Waals surface area contributed by atoms with Crippen LogP contribution in [0.5, 0.6) is 0 Å². The molecule has 1 fully saturated rings. The van der Waals surface area contributed by atoms with E-state index in [0.29, 0.717) is 26.3 Å². The molecule has 17 heavy (non-hydrogen) atoms. The lowest BCUT2D eigenvalue weighted by Crippen LogP contribution is -2.51. The van der Waals surface area contributed by atoms with Gasteiger partial charge in [-0.25, -0.2) is 9.78 Å². The average Bonchev–Trinajstić information content (AvgIpc) is 2.73. The number of nitrogens with zero attached hydrogens (tertiary/aromatic N) is 2. The molecule has 1 atom stereocenters. The summed E-state index contributed by atoms with van der Waals surface area (Å²) in [6.07, 6.45) is 0. The smallest absolute Gasteiger partial charge is 0.318 e. The molecule has 2 rings (SSSR count). The third-order valence-corrected chi connectivity index (χ3v) is 3.65. The Hall–Kier alpha value is -1.14. The summed E-state index contributed by atoms with van der Waals surface area (Å²) < 4.78 is 5.30. The van der Waals surface area contributed by atoms with E-state index in [4.69, 9.17) is 4.74 Å². The Kier molecular flexibility index (Phi) is 3.96. The van der Waals surface area contributed by atoms with Gasteiger partial charge in [-0.05, 0) is 13.8 Å². The molecule has 0 bridgehead atoms. The van der Waals surface area contributed by atoms with Gasteiger partial charge in [0.1, 0.15) is 5.01 Å². The average molecular weight is 255 g/mol. The molecular weight excluding hydrogens is 238 g/mol. The summed E-state index contributed by atoms with van der Waals surface area (Å²) >= 11 is 1.57. The maximum absolute atomic E-state index is 11.9. The monoisotopic (exact) mass is 255 g/mol. The number of carbonyl (C=O) groups excluding carboxylic acids is 1. The van der Waals surface area contributed by atoms with Crippen LogP contribution in [0.2, 0.25) is 0 Å². The molecule has 1 aliphatic heterocycles. The van der Waals surface area contributed by atoms with E-state index < -0.39 is 0 Å². The molecule has 1 aromatic heterocycles. The molecule has 5 nitrogen and oxygen atoms in total. The van der Waals surface area contributed by atoms with Gasteiger partial charge in [-0.1, -0.05) is 0 Å². The molecule has 0 aliphatic carbocycles. The van der Waals surface area contributed by atoms with Gasteiger partial charge in [0, 0.05) is 17.6 Å². The van der Waals surface area contributed by atoms with E-state index in [9.17, 15) is 4.79 Å². The molecule has 0 spiro atoms. The van der Waals surface area contributed by atoms with Gasteiger partial charge in [-0.2, -0.15) is 0 Å². The fraction of sp³-hybridized carbons (Fsp3) is 0.636. The van der Waals surface area contributed by atoms with Crippen LogP contribution < -0.4 is 5.32 Å². The van der Waals surface area contributed by atoms with Gasteiger partial charge in [0.2, 0.25) is 0 Å². The number of amides is 2. The summed E-state index contributed by atoms with van der Waals surface area (Å²) in [6, 6.07) is 0.107. The van der Waals surface area contributed by atoms with Crippen LogP contribution in [-0.4, -0.2) is 41.7 Å². The molecule has 1 aromatic rings. The van der Waals surface area contributed by atoms with Gasteiger partial charge in [-0.3, -0.25) is 0 Å². The maximum atomic E-state index is 11.9. The van der Waals surface area contributed by atoms with Crippen LogP contribution in [0.1, 0.15) is 17.6 Å². The normalized spacial score (nSPS) is 20.4. The lowest BCUT2D eigenvalue weighted by molar-refractivity contribution is 0.0190. The number of rotatable bonds is 2. The number of ether oxygens (including phenoxy) is 1. The van der Waals surface area contributed by atoms with Crippen LogP contribution in [0, 0.1) is 6.92 Å². The Morgan fingerprint density at radius 1 is 1.76 bits per heavy atom. The van der Waals surface area contributed by atoms with E-state index in [2.05, 4.69) is 10.3 Å². The predicted octanol–water partition coefficient (Wildman–Crippen LogP) is 1.38. The highest BCUT2D eigenvalue weighted by Crippen LogP contribution is 2.09. The van der Waals surface area contributed by atoms with Crippen LogP contribution in [0.25, 0.3) is 0 Å². The molecule has 0 saturated carbocycles. The molecule has 0 unspecified atom stereocenters. The molecule has 1 saturated heterocycles. The van der Waals surface area contributed by atoms with Crippen molar-refractivity contribution in [2.24, 2.45) is 0 Å². The lowest BCUT2D eigenvalue weighted by Gasteiger charge is -2.33. The van der Waals surface area contributed by atoms with E-state index in [-0.39, 0.29) is 12.1 Å². The molecule has 94 valence electrons. The number of morpholine rings is 1. The second-order valence-corrected chi connectivity index (χ2v) is 5.10. The van der Waals surface area contributed by atoms with Crippen molar-refractivity contribution >= 4 is 17.4 Å². The van der Waals surface area contributed by atoms with Crippen LogP contribution in [-0.2, 0) is 11.3 Å². The number of hydrogen-bond donors (Lipinski definition) is 1. The number of aryl methyl sites for hydroxylation is 1. The number of aromatic nitrogens is 1. The van der Waals surface area contributed by atoms with Crippen LogP contribution >= 0.6 is 11.3 Å². The molecule has 1 N–H and O–H groups in total. The number of carbonyl (C=O) groups is 1. The first-order valence-electron chi connectivity index (χ1n) is 5.70. The molecule has 0 radical (unpaired) electrons. The van der Waals surface area contributed by atoms with E-state index >= 15 is 0 Å². The molecule has 2 heterocycles. The fourth-order valence-electron chi connectivity index (χ4n) is 1.77. The van der Waals surface area contributed by atoms with Crippen molar-refractivity contribution in [3.8, 4) is 0 Å². The second kappa shape index (κ2) is 5.46. The Labute approximate surface area is 105 Å². The standard InChI is InChI=1S/C11H17N3O2S/c1-8-7-17-10(13-8)5-12-11(15)14-3-4-16-6-9(14)2/h7,9H,3-6H2,1-2H3,(H,12,15)/t9-/m0/s1. The number of urea groups is 1. The fourth-order valence-corrected chi connectivity index (χ4v) is 2.48. The minimum atomic E-state index is -0.0337. The van der Waals surface area contributed by atoms with Gasteiger partial charge in [0.25, 0.3) is 0 Å². The van der Waals surface area contributed by atoms with Gasteiger partial charge in [-0.15, -0.1) is 11.3 Å². The van der Waals surface area contributed by atoms with Gasteiger partial charge in [0.05, 0.1) is 25.8 Å². The summed E-state index contributed by atoms with van der Waals surface area (Å²) in [5, 5.41) is 5.82. The molecular formula is C11H17N3O2S.